The molecule has 0 aliphatic rings. The van der Waals surface area contributed by atoms with Gasteiger partial charge in [0, 0.05) is 5.92 Å². The van der Waals surface area contributed by atoms with Crippen LogP contribution in [-0.2, 0) is 6.42 Å². The molecule has 106 valence electrons. The number of rotatable bonds is 5. The fraction of sp³-hybridized carbons (Fsp3) is 0.294. The summed E-state index contributed by atoms with van der Waals surface area (Å²) in [5.41, 5.74) is 1.19. The lowest BCUT2D eigenvalue weighted by molar-refractivity contribution is 0.397. The van der Waals surface area contributed by atoms with Crippen molar-refractivity contribution in [1.82, 2.24) is 0 Å². The van der Waals surface area contributed by atoms with Crippen LogP contribution < -0.4 is 0 Å². The number of benzene rings is 2. The van der Waals surface area contributed by atoms with Crippen LogP contribution in [0.5, 0.6) is 0 Å². The third-order valence-electron chi connectivity index (χ3n) is 3.67. The van der Waals surface area contributed by atoms with Crippen LogP contribution in [0.15, 0.2) is 53.6 Å². The maximum absolute atomic E-state index is 12.6. The largest absolute Gasteiger partial charge is 0.284 e. The molecule has 0 bridgehead atoms. The Morgan fingerprint density at radius 3 is 2.50 bits per heavy atom. The molecule has 0 saturated heterocycles. The van der Waals surface area contributed by atoms with Crippen molar-refractivity contribution in [2.45, 2.75) is 26.2 Å². The minimum Gasteiger partial charge on any atom is -0.172 e. The van der Waals surface area contributed by atoms with E-state index in [0.29, 0.717) is 12.8 Å². The van der Waals surface area contributed by atoms with Crippen molar-refractivity contribution in [3.63, 3.8) is 0 Å². The normalized spacial score (nSPS) is 12.4. The molecule has 0 aromatic heterocycles. The van der Waals surface area contributed by atoms with Gasteiger partial charge in [0.2, 0.25) is 0 Å². The number of aryl methyl sites for hydroxylation is 1. The number of fused-ring (bicyclic) bond motifs is 1. The second-order valence-electron chi connectivity index (χ2n) is 4.89. The van der Waals surface area contributed by atoms with E-state index in [-0.39, 0.29) is 11.0 Å². The van der Waals surface area contributed by atoms with Gasteiger partial charge in [0.15, 0.2) is 0 Å². The van der Waals surface area contributed by atoms with Gasteiger partial charge in [-0.15, -0.1) is 0 Å². The van der Waals surface area contributed by atoms with Crippen molar-refractivity contribution in [3.05, 3.63) is 59.1 Å². The molecule has 1 atom stereocenters. The zero-order valence-corrected chi connectivity index (χ0v) is 12.1. The Bertz CT molecular complexity index is 610. The number of halogens is 3. The van der Waals surface area contributed by atoms with Gasteiger partial charge in [0.05, 0.1) is 5.03 Å². The SMILES string of the molecule is CCC(CCc1cccc2ccccc12)C(Cl)=C(F)F. The molecule has 0 aliphatic heterocycles. The number of allylic oxidation sites excluding steroid dienone is 1. The highest BCUT2D eigenvalue weighted by atomic mass is 35.5. The minimum atomic E-state index is -1.75. The summed E-state index contributed by atoms with van der Waals surface area (Å²) in [6.45, 7) is 1.89. The van der Waals surface area contributed by atoms with E-state index in [4.69, 9.17) is 11.6 Å². The van der Waals surface area contributed by atoms with E-state index in [0.717, 1.165) is 6.42 Å². The summed E-state index contributed by atoms with van der Waals surface area (Å²) in [5, 5.41) is 2.08. The third-order valence-corrected chi connectivity index (χ3v) is 4.13. The van der Waals surface area contributed by atoms with Crippen molar-refractivity contribution in [2.24, 2.45) is 5.92 Å². The van der Waals surface area contributed by atoms with Crippen LogP contribution in [0.25, 0.3) is 10.8 Å². The Kier molecular flexibility index (Phi) is 5.13. The third kappa shape index (κ3) is 3.37. The molecular weight excluding hydrogens is 278 g/mol. The molecule has 0 aliphatic carbocycles. The Balaban J connectivity index is 2.19. The Labute approximate surface area is 123 Å². The summed E-state index contributed by atoms with van der Waals surface area (Å²) in [5.74, 6) is -0.263. The van der Waals surface area contributed by atoms with Gasteiger partial charge in [-0.3, -0.25) is 0 Å². The van der Waals surface area contributed by atoms with Gasteiger partial charge >= 0.3 is 0 Å². The molecule has 1 unspecified atom stereocenters. The minimum absolute atomic E-state index is 0.263. The fourth-order valence-electron chi connectivity index (χ4n) is 2.50. The van der Waals surface area contributed by atoms with Gasteiger partial charge in [0.1, 0.15) is 0 Å². The van der Waals surface area contributed by atoms with Gasteiger partial charge in [-0.2, -0.15) is 8.78 Å². The second-order valence-corrected chi connectivity index (χ2v) is 5.30. The predicted molar refractivity (Wildman–Crippen MR) is 81.1 cm³/mol. The van der Waals surface area contributed by atoms with E-state index in [2.05, 4.69) is 24.3 Å². The van der Waals surface area contributed by atoms with Gasteiger partial charge in [-0.25, -0.2) is 0 Å². The monoisotopic (exact) mass is 294 g/mol. The molecular formula is C17H17ClF2. The molecule has 0 fully saturated rings. The Hall–Kier alpha value is -1.41. The van der Waals surface area contributed by atoms with E-state index in [1.54, 1.807) is 0 Å². The Morgan fingerprint density at radius 1 is 1.10 bits per heavy atom. The fourth-order valence-corrected chi connectivity index (χ4v) is 2.77. The maximum atomic E-state index is 12.6. The van der Waals surface area contributed by atoms with Crippen molar-refractivity contribution < 1.29 is 8.78 Å². The first-order valence-corrected chi connectivity index (χ1v) is 7.18. The average molecular weight is 295 g/mol. The average Bonchev–Trinajstić information content (AvgIpc) is 2.47. The molecule has 0 heterocycles. The highest BCUT2D eigenvalue weighted by Crippen LogP contribution is 2.29. The Morgan fingerprint density at radius 2 is 1.80 bits per heavy atom. The molecule has 0 N–H and O–H groups in total. The number of hydrogen-bond acceptors (Lipinski definition) is 0. The molecule has 2 aromatic rings. The van der Waals surface area contributed by atoms with Crippen LogP contribution in [0.1, 0.15) is 25.3 Å². The molecule has 2 rings (SSSR count). The maximum Gasteiger partial charge on any atom is 0.284 e. The van der Waals surface area contributed by atoms with Gasteiger partial charge in [-0.05, 0) is 35.6 Å². The summed E-state index contributed by atoms with van der Waals surface area (Å²) < 4.78 is 25.2. The smallest absolute Gasteiger partial charge is 0.172 e. The van der Waals surface area contributed by atoms with E-state index in [1.165, 1.54) is 16.3 Å². The lowest BCUT2D eigenvalue weighted by Crippen LogP contribution is -2.02. The van der Waals surface area contributed by atoms with Gasteiger partial charge < -0.3 is 0 Å². The topological polar surface area (TPSA) is 0 Å². The number of hydrogen-bond donors (Lipinski definition) is 0. The van der Waals surface area contributed by atoms with Crippen molar-refractivity contribution >= 4 is 22.4 Å². The second kappa shape index (κ2) is 6.85. The lowest BCUT2D eigenvalue weighted by atomic mass is 9.94. The molecule has 3 heteroatoms. The van der Waals surface area contributed by atoms with Crippen LogP contribution in [-0.4, -0.2) is 0 Å². The van der Waals surface area contributed by atoms with Crippen LogP contribution >= 0.6 is 11.6 Å². The summed E-state index contributed by atoms with van der Waals surface area (Å²) in [6.07, 6.45) is 0.266. The molecule has 20 heavy (non-hydrogen) atoms. The van der Waals surface area contributed by atoms with Crippen molar-refractivity contribution in [3.8, 4) is 0 Å². The predicted octanol–water partition coefficient (Wildman–Crippen LogP) is 6.15. The molecule has 0 nitrogen and oxygen atoms in total. The first-order chi connectivity index (χ1) is 9.63. The zero-order valence-electron chi connectivity index (χ0n) is 11.4. The zero-order chi connectivity index (χ0) is 14.5. The summed E-state index contributed by atoms with van der Waals surface area (Å²) in [4.78, 5) is 0. The van der Waals surface area contributed by atoms with Crippen LogP contribution in [0, 0.1) is 5.92 Å². The highest BCUT2D eigenvalue weighted by molar-refractivity contribution is 6.29. The first kappa shape index (κ1) is 15.0. The molecule has 0 radical (unpaired) electrons. The lowest BCUT2D eigenvalue weighted by Gasteiger charge is -2.14. The molecule has 0 amide bonds. The van der Waals surface area contributed by atoms with E-state index in [9.17, 15) is 8.78 Å². The summed E-state index contributed by atoms with van der Waals surface area (Å²) in [7, 11) is 0. The summed E-state index contributed by atoms with van der Waals surface area (Å²) >= 11 is 5.70. The molecule has 0 saturated carbocycles. The first-order valence-electron chi connectivity index (χ1n) is 6.80. The van der Waals surface area contributed by atoms with E-state index < -0.39 is 6.08 Å². The molecule has 2 aromatic carbocycles. The van der Waals surface area contributed by atoms with Crippen molar-refractivity contribution in [2.75, 3.05) is 0 Å². The van der Waals surface area contributed by atoms with Crippen LogP contribution in [0.4, 0.5) is 8.78 Å². The van der Waals surface area contributed by atoms with E-state index in [1.807, 2.05) is 25.1 Å². The van der Waals surface area contributed by atoms with Crippen LogP contribution in [0.3, 0.4) is 0 Å². The van der Waals surface area contributed by atoms with E-state index >= 15 is 0 Å². The quantitative estimate of drug-likeness (QED) is 0.621. The van der Waals surface area contributed by atoms with Crippen LogP contribution in [0.2, 0.25) is 0 Å². The summed E-state index contributed by atoms with van der Waals surface area (Å²) in [6, 6.07) is 14.2. The molecule has 0 spiro atoms. The van der Waals surface area contributed by atoms with Gasteiger partial charge in [-0.1, -0.05) is 61.0 Å². The highest BCUT2D eigenvalue weighted by Gasteiger charge is 2.16. The van der Waals surface area contributed by atoms with Crippen molar-refractivity contribution in [1.29, 1.82) is 0 Å². The standard InChI is InChI=1S/C17H17ClF2/c1-2-12(16(18)17(19)20)10-11-14-8-5-7-13-6-3-4-9-15(13)14/h3-9,12H,2,10-11H2,1H3. The van der Waals surface area contributed by atoms with Gasteiger partial charge in [0.25, 0.3) is 6.08 Å².